The summed E-state index contributed by atoms with van der Waals surface area (Å²) in [4.78, 5) is 60.7. The summed E-state index contributed by atoms with van der Waals surface area (Å²) in [6, 6.07) is 12.0. The van der Waals surface area contributed by atoms with Crippen molar-refractivity contribution in [3.8, 4) is 11.8 Å². The van der Waals surface area contributed by atoms with E-state index in [2.05, 4.69) is 37.7 Å². The molecule has 4 fully saturated rings. The lowest BCUT2D eigenvalue weighted by Gasteiger charge is -2.45. The molecule has 0 radical (unpaired) electrons. The number of hydrogen-bond acceptors (Lipinski definition) is 11. The number of imide groups is 1. The molecule has 1 aliphatic carbocycles. The summed E-state index contributed by atoms with van der Waals surface area (Å²) < 4.78 is 42.7. The molecule has 2 unspecified atom stereocenters. The third kappa shape index (κ3) is 7.90. The van der Waals surface area contributed by atoms with E-state index in [9.17, 15) is 19.2 Å². The number of carbonyl (C=O) groups excluding carboxylic acids is 3. The quantitative estimate of drug-likeness (QED) is 0.139. The summed E-state index contributed by atoms with van der Waals surface area (Å²) in [5.41, 5.74) is 6.40. The summed E-state index contributed by atoms with van der Waals surface area (Å²) in [6.45, 7) is 2.58. The number of nitrogens with one attached hydrogen (secondary N) is 3. The van der Waals surface area contributed by atoms with Gasteiger partial charge >= 0.3 is 5.69 Å². The molecular formula is C46H51F2N11O5. The Hall–Kier alpha value is -6.16. The maximum atomic E-state index is 16.0. The van der Waals surface area contributed by atoms with E-state index < -0.39 is 23.9 Å². The molecular weight excluding hydrogens is 825 g/mol. The number of benzene rings is 2. The van der Waals surface area contributed by atoms with Gasteiger partial charge < -0.3 is 20.3 Å². The van der Waals surface area contributed by atoms with E-state index in [1.165, 1.54) is 9.13 Å². The number of rotatable bonds is 10. The summed E-state index contributed by atoms with van der Waals surface area (Å²) in [5, 5.41) is 13.4. The predicted molar refractivity (Wildman–Crippen MR) is 235 cm³/mol. The molecule has 0 bridgehead atoms. The van der Waals surface area contributed by atoms with Crippen LogP contribution >= 0.6 is 0 Å². The van der Waals surface area contributed by atoms with Crippen LogP contribution in [0.1, 0.15) is 78.2 Å². The van der Waals surface area contributed by atoms with Gasteiger partial charge in [-0.15, -0.1) is 5.10 Å². The van der Waals surface area contributed by atoms with Crippen LogP contribution in [0.3, 0.4) is 0 Å². The molecule has 3 amide bonds. The third-order valence-corrected chi connectivity index (χ3v) is 13.5. The number of carbonyl (C=O) groups is 3. The van der Waals surface area contributed by atoms with Crippen LogP contribution in [-0.2, 0) is 34.3 Å². The van der Waals surface area contributed by atoms with Crippen molar-refractivity contribution in [1.82, 2.24) is 44.2 Å². The number of hydrogen-bond donors (Lipinski definition) is 3. The highest BCUT2D eigenvalue weighted by Gasteiger charge is 2.48. The molecule has 16 nitrogen and oxygen atoms in total. The SMILES string of the molecule is CNc1cc(N2CCc3c(CN4CCC(N5CCC(OCC#Cc6ccc7c(c6)n(C)c(=O)n7C6CCC(=O)NC6=O)CC5)C(F)(F)C4)cccc32)nn2c(C(=O)NC3CC3)cnc12. The van der Waals surface area contributed by atoms with E-state index >= 15 is 8.78 Å². The maximum absolute atomic E-state index is 16.0. The van der Waals surface area contributed by atoms with E-state index in [1.54, 1.807) is 36.0 Å². The first-order valence-corrected chi connectivity index (χ1v) is 22.2. The highest BCUT2D eigenvalue weighted by atomic mass is 19.3. The van der Waals surface area contributed by atoms with E-state index in [4.69, 9.17) is 9.84 Å². The molecule has 7 heterocycles. The van der Waals surface area contributed by atoms with Crippen LogP contribution in [0.5, 0.6) is 0 Å². The third-order valence-electron chi connectivity index (χ3n) is 13.5. The van der Waals surface area contributed by atoms with Crippen LogP contribution in [0.2, 0.25) is 0 Å². The Morgan fingerprint density at radius 1 is 0.984 bits per heavy atom. The molecule has 3 aromatic heterocycles. The molecule has 2 atom stereocenters. The average Bonchev–Trinajstić information content (AvgIpc) is 3.71. The number of fused-ring (bicyclic) bond motifs is 3. The Morgan fingerprint density at radius 3 is 2.58 bits per heavy atom. The Morgan fingerprint density at radius 2 is 1.81 bits per heavy atom. The first-order chi connectivity index (χ1) is 30.9. The lowest BCUT2D eigenvalue weighted by Crippen LogP contribution is -2.59. The molecule has 2 aromatic carbocycles. The molecule has 1 saturated carbocycles. The number of ether oxygens (including phenoxy) is 1. The fourth-order valence-electron chi connectivity index (χ4n) is 9.95. The van der Waals surface area contributed by atoms with Gasteiger partial charge in [-0.25, -0.2) is 23.1 Å². The van der Waals surface area contributed by atoms with Gasteiger partial charge in [-0.2, -0.15) is 0 Å². The molecule has 5 aliphatic rings. The van der Waals surface area contributed by atoms with Crippen molar-refractivity contribution in [2.75, 3.05) is 56.6 Å². The number of aromatic nitrogens is 5. The van der Waals surface area contributed by atoms with E-state index in [0.29, 0.717) is 85.7 Å². The second-order valence-corrected chi connectivity index (χ2v) is 17.6. The van der Waals surface area contributed by atoms with Crippen LogP contribution in [-0.4, -0.2) is 122 Å². The van der Waals surface area contributed by atoms with Gasteiger partial charge in [-0.3, -0.25) is 38.6 Å². The van der Waals surface area contributed by atoms with Crippen molar-refractivity contribution in [3.63, 3.8) is 0 Å². The highest BCUT2D eigenvalue weighted by Crippen LogP contribution is 2.39. The Balaban J connectivity index is 0.732. The topological polar surface area (TPSA) is 163 Å². The number of alkyl halides is 2. The lowest BCUT2D eigenvalue weighted by atomic mass is 9.95. The first kappa shape index (κ1) is 41.8. The number of likely N-dealkylation sites (tertiary alicyclic amines) is 2. The largest absolute Gasteiger partial charge is 0.385 e. The zero-order valence-corrected chi connectivity index (χ0v) is 35.9. The Bertz CT molecular complexity index is 2790. The van der Waals surface area contributed by atoms with Crippen LogP contribution in [0.4, 0.5) is 26.0 Å². The molecule has 5 aromatic rings. The van der Waals surface area contributed by atoms with Gasteiger partial charge in [0.15, 0.2) is 17.2 Å². The predicted octanol–water partition coefficient (Wildman–Crippen LogP) is 3.73. The van der Waals surface area contributed by atoms with Gasteiger partial charge in [0.1, 0.15) is 12.6 Å². The number of amides is 3. The zero-order valence-electron chi connectivity index (χ0n) is 35.9. The monoisotopic (exact) mass is 875 g/mol. The molecule has 10 rings (SSSR count). The fourth-order valence-corrected chi connectivity index (χ4v) is 9.95. The Kier molecular flexibility index (Phi) is 11.0. The zero-order chi connectivity index (χ0) is 44.3. The number of halogens is 2. The van der Waals surface area contributed by atoms with Crippen molar-refractivity contribution in [2.45, 2.75) is 88.1 Å². The molecule has 3 saturated heterocycles. The van der Waals surface area contributed by atoms with Gasteiger partial charge in [0.25, 0.3) is 11.8 Å². The summed E-state index contributed by atoms with van der Waals surface area (Å²) in [6.07, 6.45) is 6.25. The number of anilines is 3. The average molecular weight is 876 g/mol. The minimum Gasteiger partial charge on any atom is -0.385 e. The van der Waals surface area contributed by atoms with Crippen molar-refractivity contribution < 1.29 is 27.9 Å². The molecule has 0 spiro atoms. The number of piperidine rings is 3. The number of nitrogens with zero attached hydrogens (tertiary/aromatic N) is 8. The van der Waals surface area contributed by atoms with Crippen LogP contribution in [0, 0.1) is 11.8 Å². The van der Waals surface area contributed by atoms with Gasteiger partial charge in [-0.05, 0) is 80.3 Å². The van der Waals surface area contributed by atoms with Crippen molar-refractivity contribution in [1.29, 1.82) is 0 Å². The fraction of sp³-hybridized carbons (Fsp3) is 0.478. The summed E-state index contributed by atoms with van der Waals surface area (Å²) in [5.74, 6) is 2.93. The van der Waals surface area contributed by atoms with Crippen LogP contribution in [0.25, 0.3) is 16.7 Å². The first-order valence-electron chi connectivity index (χ1n) is 22.2. The van der Waals surface area contributed by atoms with Gasteiger partial charge in [0.05, 0.1) is 41.6 Å². The molecule has 4 aliphatic heterocycles. The molecule has 18 heteroatoms. The van der Waals surface area contributed by atoms with Crippen molar-refractivity contribution in [3.05, 3.63) is 81.5 Å². The standard InChI is InChI=1S/C46H51F2N11O5/c1-49-33-24-40(53-59-38(25-50-42(33)59)44(62)51-30-9-10-30)57-21-16-32-29(6-3-7-34(32)57)26-55-18-17-39(46(47,48)27-55)56-19-14-31(15-20-56)64-22-4-5-28-8-11-35-37(23-28)54(2)45(63)58(35)36-12-13-41(60)52-43(36)61/h3,6-8,11,23-25,30-31,36,39,49H,9-10,12-22,26-27H2,1-2H3,(H,51,62)(H,52,60,61). The van der Waals surface area contributed by atoms with E-state index in [0.717, 1.165) is 41.8 Å². The Labute approximate surface area is 367 Å². The van der Waals surface area contributed by atoms with Gasteiger partial charge in [0, 0.05) is 76.6 Å². The molecule has 64 heavy (non-hydrogen) atoms. The number of imidazole rings is 2. The summed E-state index contributed by atoms with van der Waals surface area (Å²) in [7, 11) is 3.45. The van der Waals surface area contributed by atoms with E-state index in [-0.39, 0.29) is 55.6 Å². The second-order valence-electron chi connectivity index (χ2n) is 17.6. The van der Waals surface area contributed by atoms with Crippen molar-refractivity contribution >= 4 is 51.6 Å². The maximum Gasteiger partial charge on any atom is 0.329 e. The van der Waals surface area contributed by atoms with Crippen LogP contribution in [0.15, 0.2) is 53.5 Å². The minimum atomic E-state index is -2.88. The van der Waals surface area contributed by atoms with Crippen LogP contribution < -0.4 is 26.5 Å². The van der Waals surface area contributed by atoms with E-state index in [1.807, 2.05) is 41.1 Å². The smallest absolute Gasteiger partial charge is 0.329 e. The highest BCUT2D eigenvalue weighted by molar-refractivity contribution is 6.00. The van der Waals surface area contributed by atoms with Crippen molar-refractivity contribution in [2.24, 2.45) is 7.05 Å². The second kappa shape index (κ2) is 16.8. The molecule has 3 N–H and O–H groups in total. The normalized spacial score (nSPS) is 21.8. The minimum absolute atomic E-state index is 0.0828. The van der Waals surface area contributed by atoms with Gasteiger partial charge in [0.2, 0.25) is 11.8 Å². The van der Waals surface area contributed by atoms with Gasteiger partial charge in [-0.1, -0.05) is 24.0 Å². The molecule has 334 valence electrons. The summed E-state index contributed by atoms with van der Waals surface area (Å²) >= 11 is 0. The number of aryl methyl sites for hydroxylation is 1. The lowest BCUT2D eigenvalue weighted by molar-refractivity contribution is -0.137.